The average molecular weight is 222 g/mol. The molecule has 0 radical (unpaired) electrons. The minimum atomic E-state index is 1.11. The molecule has 3 rings (SSSR count). The molecule has 1 aliphatic carbocycles. The van der Waals surface area contributed by atoms with Crippen LogP contribution in [0, 0.1) is 6.92 Å². The third-order valence-electron chi connectivity index (χ3n) is 4.06. The van der Waals surface area contributed by atoms with Gasteiger partial charge in [0.1, 0.15) is 0 Å². The largest absolute Gasteiger partial charge is 0.0620 e. The molecular weight excluding hydrogens is 204 g/mol. The molecule has 0 heterocycles. The summed E-state index contributed by atoms with van der Waals surface area (Å²) in [5.41, 5.74) is 9.13. The Morgan fingerprint density at radius 1 is 0.882 bits per heavy atom. The van der Waals surface area contributed by atoms with Crippen LogP contribution in [0.25, 0.3) is 0 Å². The summed E-state index contributed by atoms with van der Waals surface area (Å²) in [6.45, 7) is 4.52. The number of hydrogen-bond acceptors (Lipinski definition) is 0. The van der Waals surface area contributed by atoms with E-state index in [2.05, 4.69) is 50.2 Å². The van der Waals surface area contributed by atoms with Gasteiger partial charge < -0.3 is 0 Å². The Bertz CT molecular complexity index is 564. The molecular formula is C17H18. The maximum atomic E-state index is 2.33. The van der Waals surface area contributed by atoms with Gasteiger partial charge in [0.15, 0.2) is 0 Å². The van der Waals surface area contributed by atoms with Crippen molar-refractivity contribution in [3.8, 4) is 0 Å². The first-order valence-corrected chi connectivity index (χ1v) is 6.46. The average Bonchev–Trinajstić information content (AvgIpc) is 2.37. The van der Waals surface area contributed by atoms with E-state index in [1.54, 1.807) is 5.56 Å². The Morgan fingerprint density at radius 3 is 2.29 bits per heavy atom. The molecule has 0 unspecified atom stereocenters. The molecule has 2 aromatic carbocycles. The molecule has 0 amide bonds. The summed E-state index contributed by atoms with van der Waals surface area (Å²) >= 11 is 0. The Hall–Kier alpha value is -1.56. The molecule has 0 saturated carbocycles. The van der Waals surface area contributed by atoms with Gasteiger partial charge in [-0.05, 0) is 59.6 Å². The van der Waals surface area contributed by atoms with E-state index in [0.29, 0.717) is 0 Å². The summed E-state index contributed by atoms with van der Waals surface area (Å²) in [4.78, 5) is 0. The Kier molecular flexibility index (Phi) is 2.51. The van der Waals surface area contributed by atoms with Crippen LogP contribution in [0.5, 0.6) is 0 Å². The zero-order valence-corrected chi connectivity index (χ0v) is 10.6. The van der Waals surface area contributed by atoms with Crippen molar-refractivity contribution < 1.29 is 0 Å². The topological polar surface area (TPSA) is 0 Å². The molecule has 1 aliphatic rings. The third kappa shape index (κ3) is 1.68. The standard InChI is InChI=1S/C17H18/c1-3-13-8-9-16-10-14-6-4-5-7-15(14)11-17(16)12(13)2/h4-9H,3,10-11H2,1-2H3. The predicted octanol–water partition coefficient (Wildman–Crippen LogP) is 4.05. The molecule has 0 heteroatoms. The summed E-state index contributed by atoms with van der Waals surface area (Å²) in [6.07, 6.45) is 3.36. The van der Waals surface area contributed by atoms with E-state index in [1.165, 1.54) is 27.8 Å². The lowest BCUT2D eigenvalue weighted by Crippen LogP contribution is -2.10. The lowest BCUT2D eigenvalue weighted by atomic mass is 9.82. The monoisotopic (exact) mass is 222 g/mol. The second-order valence-electron chi connectivity index (χ2n) is 4.96. The van der Waals surface area contributed by atoms with Crippen molar-refractivity contribution in [1.82, 2.24) is 0 Å². The van der Waals surface area contributed by atoms with Gasteiger partial charge in [-0.1, -0.05) is 43.3 Å². The van der Waals surface area contributed by atoms with Crippen LogP contribution in [0.4, 0.5) is 0 Å². The van der Waals surface area contributed by atoms with Crippen LogP contribution in [-0.4, -0.2) is 0 Å². The maximum absolute atomic E-state index is 2.33. The van der Waals surface area contributed by atoms with Gasteiger partial charge in [-0.25, -0.2) is 0 Å². The number of benzene rings is 2. The smallest absolute Gasteiger partial charge is 0.00173 e. The fourth-order valence-corrected chi connectivity index (χ4v) is 2.95. The zero-order valence-electron chi connectivity index (χ0n) is 10.6. The van der Waals surface area contributed by atoms with E-state index in [4.69, 9.17) is 0 Å². The predicted molar refractivity (Wildman–Crippen MR) is 72.6 cm³/mol. The van der Waals surface area contributed by atoms with Crippen molar-refractivity contribution in [2.45, 2.75) is 33.1 Å². The van der Waals surface area contributed by atoms with Gasteiger partial charge in [-0.2, -0.15) is 0 Å². The van der Waals surface area contributed by atoms with Gasteiger partial charge in [0.25, 0.3) is 0 Å². The maximum Gasteiger partial charge on any atom is -0.00173 e. The molecule has 0 N–H and O–H groups in total. The molecule has 86 valence electrons. The highest BCUT2D eigenvalue weighted by Gasteiger charge is 2.17. The van der Waals surface area contributed by atoms with E-state index in [1.807, 2.05) is 0 Å². The molecule has 0 saturated heterocycles. The van der Waals surface area contributed by atoms with Gasteiger partial charge in [0, 0.05) is 0 Å². The summed E-state index contributed by atoms with van der Waals surface area (Å²) < 4.78 is 0. The van der Waals surface area contributed by atoms with E-state index in [0.717, 1.165) is 19.3 Å². The van der Waals surface area contributed by atoms with Crippen molar-refractivity contribution in [3.05, 3.63) is 69.8 Å². The lowest BCUT2D eigenvalue weighted by Gasteiger charge is -2.22. The Morgan fingerprint density at radius 2 is 1.59 bits per heavy atom. The van der Waals surface area contributed by atoms with Gasteiger partial charge in [-0.15, -0.1) is 0 Å². The fraction of sp³-hybridized carbons (Fsp3) is 0.294. The second kappa shape index (κ2) is 4.03. The molecule has 0 spiro atoms. The first-order valence-electron chi connectivity index (χ1n) is 6.46. The van der Waals surface area contributed by atoms with Crippen molar-refractivity contribution in [3.63, 3.8) is 0 Å². The molecule has 0 aromatic heterocycles. The second-order valence-corrected chi connectivity index (χ2v) is 4.96. The van der Waals surface area contributed by atoms with Gasteiger partial charge in [0.2, 0.25) is 0 Å². The Labute approximate surface area is 103 Å². The molecule has 0 atom stereocenters. The quantitative estimate of drug-likeness (QED) is 0.582. The summed E-state index contributed by atoms with van der Waals surface area (Å²) in [7, 11) is 0. The summed E-state index contributed by atoms with van der Waals surface area (Å²) in [5.74, 6) is 0. The molecule has 0 nitrogen and oxygen atoms in total. The highest BCUT2D eigenvalue weighted by atomic mass is 14.2. The first kappa shape index (κ1) is 10.6. The van der Waals surface area contributed by atoms with Gasteiger partial charge in [0.05, 0.1) is 0 Å². The summed E-state index contributed by atoms with van der Waals surface area (Å²) in [5, 5.41) is 0. The van der Waals surface area contributed by atoms with E-state index in [9.17, 15) is 0 Å². The normalized spacial score (nSPS) is 13.1. The van der Waals surface area contributed by atoms with Crippen LogP contribution in [0.15, 0.2) is 36.4 Å². The highest BCUT2D eigenvalue weighted by Crippen LogP contribution is 2.30. The van der Waals surface area contributed by atoms with E-state index in [-0.39, 0.29) is 0 Å². The van der Waals surface area contributed by atoms with Crippen LogP contribution in [0.2, 0.25) is 0 Å². The van der Waals surface area contributed by atoms with Crippen LogP contribution >= 0.6 is 0 Å². The number of rotatable bonds is 1. The molecule has 0 bridgehead atoms. The number of hydrogen-bond donors (Lipinski definition) is 0. The lowest BCUT2D eigenvalue weighted by molar-refractivity contribution is 0.965. The molecule has 17 heavy (non-hydrogen) atoms. The fourth-order valence-electron chi connectivity index (χ4n) is 2.95. The van der Waals surface area contributed by atoms with Crippen LogP contribution in [0.3, 0.4) is 0 Å². The minimum absolute atomic E-state index is 1.11. The van der Waals surface area contributed by atoms with Crippen molar-refractivity contribution in [2.24, 2.45) is 0 Å². The van der Waals surface area contributed by atoms with Gasteiger partial charge in [-0.3, -0.25) is 0 Å². The van der Waals surface area contributed by atoms with Gasteiger partial charge >= 0.3 is 0 Å². The van der Waals surface area contributed by atoms with Crippen LogP contribution in [-0.2, 0) is 19.3 Å². The SMILES string of the molecule is CCc1ccc2c(c1C)Cc1ccccc1C2. The van der Waals surface area contributed by atoms with Crippen molar-refractivity contribution in [2.75, 3.05) is 0 Å². The third-order valence-corrected chi connectivity index (χ3v) is 4.06. The molecule has 2 aromatic rings. The van der Waals surface area contributed by atoms with Crippen molar-refractivity contribution in [1.29, 1.82) is 0 Å². The number of aryl methyl sites for hydroxylation is 1. The van der Waals surface area contributed by atoms with Crippen LogP contribution in [0.1, 0.15) is 40.3 Å². The van der Waals surface area contributed by atoms with E-state index >= 15 is 0 Å². The zero-order chi connectivity index (χ0) is 11.8. The minimum Gasteiger partial charge on any atom is -0.0620 e. The summed E-state index contributed by atoms with van der Waals surface area (Å²) in [6, 6.07) is 13.5. The highest BCUT2D eigenvalue weighted by molar-refractivity contribution is 5.50. The number of fused-ring (bicyclic) bond motifs is 2. The Balaban J connectivity index is 2.12. The van der Waals surface area contributed by atoms with Crippen LogP contribution < -0.4 is 0 Å². The van der Waals surface area contributed by atoms with E-state index < -0.39 is 0 Å². The van der Waals surface area contributed by atoms with Crippen molar-refractivity contribution >= 4 is 0 Å². The first-order chi connectivity index (χ1) is 8.29. The molecule has 0 aliphatic heterocycles. The molecule has 0 fully saturated rings.